The zero-order chi connectivity index (χ0) is 28.6. The Bertz CT molecular complexity index is 1360. The van der Waals surface area contributed by atoms with Crippen LogP contribution < -0.4 is 10.1 Å². The maximum atomic E-state index is 13.4. The van der Waals surface area contributed by atoms with E-state index in [1.807, 2.05) is 60.5 Å². The highest BCUT2D eigenvalue weighted by Crippen LogP contribution is 2.29. The zero-order valence-corrected chi connectivity index (χ0v) is 23.9. The number of nitrogens with one attached hydrogen (secondary N) is 1. The van der Waals surface area contributed by atoms with Gasteiger partial charge in [-0.1, -0.05) is 24.3 Å². The number of anilines is 1. The number of phenolic OH excluding ortho intramolecular Hbond substituents is 1. The van der Waals surface area contributed by atoms with E-state index < -0.39 is 0 Å². The van der Waals surface area contributed by atoms with Gasteiger partial charge in [0.1, 0.15) is 17.3 Å². The number of carbonyl (C=O) groups excluding carboxylic acids is 1. The lowest BCUT2D eigenvalue weighted by atomic mass is 10.0. The molecule has 5 rings (SSSR count). The Hall–Kier alpha value is -3.92. The maximum absolute atomic E-state index is 13.4. The van der Waals surface area contributed by atoms with Gasteiger partial charge in [-0.2, -0.15) is 0 Å². The number of piperazine rings is 1. The molecule has 1 aromatic heterocycles. The van der Waals surface area contributed by atoms with Gasteiger partial charge in [0, 0.05) is 75.9 Å². The van der Waals surface area contributed by atoms with Gasteiger partial charge in [0.2, 0.25) is 0 Å². The summed E-state index contributed by atoms with van der Waals surface area (Å²) in [7, 11) is 1.65. The largest absolute Gasteiger partial charge is 0.507 e. The van der Waals surface area contributed by atoms with Crippen LogP contribution in [0.2, 0.25) is 0 Å². The van der Waals surface area contributed by atoms with Crippen molar-refractivity contribution < 1.29 is 19.4 Å². The Kier molecular flexibility index (Phi) is 9.51. The van der Waals surface area contributed by atoms with Crippen molar-refractivity contribution in [2.24, 2.45) is 0 Å². The van der Waals surface area contributed by atoms with Crippen LogP contribution >= 0.6 is 0 Å². The zero-order valence-electron chi connectivity index (χ0n) is 23.9. The van der Waals surface area contributed by atoms with Crippen molar-refractivity contribution in [3.05, 3.63) is 77.6 Å². The molecule has 2 saturated heterocycles. The van der Waals surface area contributed by atoms with Crippen molar-refractivity contribution in [3.8, 4) is 22.6 Å². The first kappa shape index (κ1) is 28.6. The SMILES string of the molecule is COc1ccccc1/C=C/Nc1ncc(-c2ccc(O)c(C(=O)N3CCN(CCN4CCOCC4)CC3)c2)cc1C. The van der Waals surface area contributed by atoms with Gasteiger partial charge in [0.05, 0.1) is 25.9 Å². The average molecular weight is 558 g/mol. The summed E-state index contributed by atoms with van der Waals surface area (Å²) in [5.41, 5.74) is 3.96. The van der Waals surface area contributed by atoms with E-state index >= 15 is 0 Å². The number of nitrogens with zero attached hydrogens (tertiary/aromatic N) is 4. The third-order valence-electron chi connectivity index (χ3n) is 7.76. The van der Waals surface area contributed by atoms with Crippen molar-refractivity contribution in [2.75, 3.05) is 78.0 Å². The minimum Gasteiger partial charge on any atom is -0.507 e. The number of aromatic nitrogens is 1. The van der Waals surface area contributed by atoms with E-state index in [9.17, 15) is 9.90 Å². The fourth-order valence-electron chi connectivity index (χ4n) is 5.24. The molecule has 2 fully saturated rings. The molecule has 0 radical (unpaired) electrons. The first-order valence-electron chi connectivity index (χ1n) is 14.2. The smallest absolute Gasteiger partial charge is 0.257 e. The summed E-state index contributed by atoms with van der Waals surface area (Å²) >= 11 is 0. The van der Waals surface area contributed by atoms with Crippen LogP contribution in [0, 0.1) is 6.92 Å². The first-order valence-corrected chi connectivity index (χ1v) is 14.2. The lowest BCUT2D eigenvalue weighted by Gasteiger charge is -2.36. The summed E-state index contributed by atoms with van der Waals surface area (Å²) in [4.78, 5) is 24.7. The lowest BCUT2D eigenvalue weighted by Crippen LogP contribution is -2.51. The van der Waals surface area contributed by atoms with E-state index in [0.29, 0.717) is 18.7 Å². The van der Waals surface area contributed by atoms with Crippen LogP contribution in [-0.4, -0.2) is 103 Å². The normalized spacial score (nSPS) is 16.7. The minimum absolute atomic E-state index is 0.00191. The summed E-state index contributed by atoms with van der Waals surface area (Å²) in [5.74, 6) is 1.40. The van der Waals surface area contributed by atoms with Crippen molar-refractivity contribution in [1.29, 1.82) is 0 Å². The molecule has 41 heavy (non-hydrogen) atoms. The Labute approximate surface area is 242 Å². The Morgan fingerprint density at radius 3 is 2.46 bits per heavy atom. The van der Waals surface area contributed by atoms with Crippen LogP contribution in [0.3, 0.4) is 0 Å². The summed E-state index contributed by atoms with van der Waals surface area (Å²) < 4.78 is 10.8. The standard InChI is InChI=1S/C32H39N5O4/c1-24-21-27(23-34-31(24)33-10-9-25-5-3-4-6-30(25)40-2)26-7-8-29(38)28(22-26)32(39)37-15-13-35(14-16-37)11-12-36-17-19-41-20-18-36/h3-10,21-23,38H,11-20H2,1-2H3,(H,33,34)/b10-9+. The number of carbonyl (C=O) groups is 1. The Morgan fingerprint density at radius 2 is 1.73 bits per heavy atom. The molecule has 2 aliphatic heterocycles. The quantitative estimate of drug-likeness (QED) is 0.409. The molecule has 0 spiro atoms. The maximum Gasteiger partial charge on any atom is 0.257 e. The van der Waals surface area contributed by atoms with Gasteiger partial charge < -0.3 is 24.8 Å². The number of aromatic hydroxyl groups is 1. The van der Waals surface area contributed by atoms with E-state index in [-0.39, 0.29) is 11.7 Å². The second-order valence-electron chi connectivity index (χ2n) is 10.4. The van der Waals surface area contributed by atoms with Crippen molar-refractivity contribution >= 4 is 17.8 Å². The Balaban J connectivity index is 1.20. The van der Waals surface area contributed by atoms with Gasteiger partial charge in [0.25, 0.3) is 5.91 Å². The highest BCUT2D eigenvalue weighted by Gasteiger charge is 2.25. The molecule has 216 valence electrons. The second kappa shape index (κ2) is 13.6. The van der Waals surface area contributed by atoms with Crippen molar-refractivity contribution in [2.45, 2.75) is 6.92 Å². The van der Waals surface area contributed by atoms with E-state index in [4.69, 9.17) is 9.47 Å². The van der Waals surface area contributed by atoms with Gasteiger partial charge in [0.15, 0.2) is 0 Å². The number of rotatable bonds is 9. The van der Waals surface area contributed by atoms with E-state index in [1.165, 1.54) is 0 Å². The minimum atomic E-state index is -0.137. The van der Waals surface area contributed by atoms with Gasteiger partial charge in [-0.15, -0.1) is 0 Å². The summed E-state index contributed by atoms with van der Waals surface area (Å²) in [5, 5.41) is 13.8. The fourth-order valence-corrected chi connectivity index (χ4v) is 5.24. The molecule has 1 amide bonds. The molecule has 2 aliphatic rings. The summed E-state index contributed by atoms with van der Waals surface area (Å²) in [6.45, 7) is 10.6. The van der Waals surface area contributed by atoms with E-state index in [0.717, 1.165) is 86.3 Å². The van der Waals surface area contributed by atoms with Crippen LogP contribution in [0.5, 0.6) is 11.5 Å². The number of aryl methyl sites for hydroxylation is 1. The molecule has 2 N–H and O–H groups in total. The van der Waals surface area contributed by atoms with Crippen LogP contribution in [0.1, 0.15) is 21.5 Å². The molecule has 9 heteroatoms. The molecule has 0 atom stereocenters. The summed E-state index contributed by atoms with van der Waals surface area (Å²) in [6.07, 6.45) is 5.56. The third kappa shape index (κ3) is 7.24. The Morgan fingerprint density at radius 1 is 1.00 bits per heavy atom. The highest BCUT2D eigenvalue weighted by molar-refractivity contribution is 5.98. The molecular formula is C32H39N5O4. The molecule has 3 heterocycles. The highest BCUT2D eigenvalue weighted by atomic mass is 16.5. The predicted octanol–water partition coefficient (Wildman–Crippen LogP) is 3.94. The number of pyridine rings is 1. The van der Waals surface area contributed by atoms with E-state index in [1.54, 1.807) is 25.4 Å². The molecule has 9 nitrogen and oxygen atoms in total. The van der Waals surface area contributed by atoms with Gasteiger partial charge in [-0.05, 0) is 48.4 Å². The van der Waals surface area contributed by atoms with Gasteiger partial charge in [-0.25, -0.2) is 4.98 Å². The number of hydrogen-bond donors (Lipinski definition) is 2. The molecule has 0 saturated carbocycles. The number of amides is 1. The third-order valence-corrected chi connectivity index (χ3v) is 7.76. The van der Waals surface area contributed by atoms with Crippen LogP contribution in [0.4, 0.5) is 5.82 Å². The first-order chi connectivity index (χ1) is 20.0. The molecule has 2 aromatic carbocycles. The number of benzene rings is 2. The fraction of sp³-hybridized carbons (Fsp3) is 0.375. The molecular weight excluding hydrogens is 518 g/mol. The molecule has 0 unspecified atom stereocenters. The van der Waals surface area contributed by atoms with Crippen LogP contribution in [0.25, 0.3) is 17.2 Å². The number of morpholine rings is 1. The lowest BCUT2D eigenvalue weighted by molar-refractivity contribution is 0.0293. The van der Waals surface area contributed by atoms with Gasteiger partial charge >= 0.3 is 0 Å². The number of para-hydroxylation sites is 1. The van der Waals surface area contributed by atoms with Crippen molar-refractivity contribution in [1.82, 2.24) is 19.7 Å². The molecule has 3 aromatic rings. The van der Waals surface area contributed by atoms with Gasteiger partial charge in [-0.3, -0.25) is 14.6 Å². The second-order valence-corrected chi connectivity index (χ2v) is 10.4. The summed E-state index contributed by atoms with van der Waals surface area (Å²) in [6, 6.07) is 15.0. The average Bonchev–Trinajstić information content (AvgIpc) is 3.01. The van der Waals surface area contributed by atoms with Crippen molar-refractivity contribution in [3.63, 3.8) is 0 Å². The van der Waals surface area contributed by atoms with Crippen LogP contribution in [-0.2, 0) is 4.74 Å². The topological polar surface area (TPSA) is 90.4 Å². The molecule has 0 bridgehead atoms. The van der Waals surface area contributed by atoms with E-state index in [2.05, 4.69) is 20.1 Å². The van der Waals surface area contributed by atoms with Crippen LogP contribution in [0.15, 0.2) is 60.9 Å². The number of phenols is 1. The predicted molar refractivity (Wildman–Crippen MR) is 161 cm³/mol. The molecule has 0 aliphatic carbocycles. The number of ether oxygens (including phenoxy) is 2. The number of methoxy groups -OCH3 is 1. The monoisotopic (exact) mass is 557 g/mol. The number of hydrogen-bond acceptors (Lipinski definition) is 8.